The van der Waals surface area contributed by atoms with Crippen LogP contribution >= 0.6 is 11.6 Å². The van der Waals surface area contributed by atoms with E-state index in [0.717, 1.165) is 11.4 Å². The van der Waals surface area contributed by atoms with E-state index in [2.05, 4.69) is 21.4 Å². The lowest BCUT2D eigenvalue weighted by atomic mass is 10.2. The molecule has 0 amide bonds. The van der Waals surface area contributed by atoms with Gasteiger partial charge in [0.05, 0.1) is 40.8 Å². The van der Waals surface area contributed by atoms with Crippen molar-refractivity contribution in [3.05, 3.63) is 53.1 Å². The lowest BCUT2D eigenvalue weighted by molar-refractivity contribution is 1.01. The zero-order valence-electron chi connectivity index (χ0n) is 8.89. The molecule has 1 N–H and O–H groups in total. The van der Waals surface area contributed by atoms with Crippen molar-refractivity contribution in [2.24, 2.45) is 0 Å². The average Bonchev–Trinajstić information content (AvgIpc) is 2.39. The average molecular weight is 245 g/mol. The van der Waals surface area contributed by atoms with Crippen LogP contribution in [0, 0.1) is 11.3 Å². The standard InChI is InChI=1S/C12H9ClN4/c13-11-2-1-9(6-14)5-12(11)17-8-10-7-15-3-4-16-10/h1-5,7,17H,8H2. The van der Waals surface area contributed by atoms with Crippen molar-refractivity contribution in [2.45, 2.75) is 6.54 Å². The minimum atomic E-state index is 0.516. The molecule has 0 radical (unpaired) electrons. The molecule has 0 saturated carbocycles. The zero-order valence-corrected chi connectivity index (χ0v) is 9.65. The van der Waals surface area contributed by atoms with E-state index >= 15 is 0 Å². The minimum absolute atomic E-state index is 0.516. The molecule has 2 aromatic rings. The van der Waals surface area contributed by atoms with Crippen molar-refractivity contribution in [3.8, 4) is 6.07 Å². The molecule has 0 spiro atoms. The summed E-state index contributed by atoms with van der Waals surface area (Å²) in [4.78, 5) is 8.10. The third kappa shape index (κ3) is 2.92. The molecule has 1 aromatic heterocycles. The van der Waals surface area contributed by atoms with Crippen molar-refractivity contribution in [1.82, 2.24) is 9.97 Å². The normalized spacial score (nSPS) is 9.65. The Morgan fingerprint density at radius 1 is 1.35 bits per heavy atom. The minimum Gasteiger partial charge on any atom is -0.378 e. The summed E-state index contributed by atoms with van der Waals surface area (Å²) in [5.74, 6) is 0. The Morgan fingerprint density at radius 2 is 2.24 bits per heavy atom. The second kappa shape index (κ2) is 5.28. The van der Waals surface area contributed by atoms with Gasteiger partial charge in [0.25, 0.3) is 0 Å². The summed E-state index contributed by atoms with van der Waals surface area (Å²) in [5.41, 5.74) is 2.10. The molecule has 84 valence electrons. The summed E-state index contributed by atoms with van der Waals surface area (Å²) in [5, 5.41) is 12.5. The molecule has 0 bridgehead atoms. The van der Waals surface area contributed by atoms with Gasteiger partial charge in [0, 0.05) is 12.4 Å². The van der Waals surface area contributed by atoms with Gasteiger partial charge in [0.2, 0.25) is 0 Å². The van der Waals surface area contributed by atoms with Gasteiger partial charge in [0.1, 0.15) is 0 Å². The topological polar surface area (TPSA) is 61.6 Å². The molecule has 0 unspecified atom stereocenters. The number of halogens is 1. The molecular formula is C12H9ClN4. The molecule has 17 heavy (non-hydrogen) atoms. The Labute approximate surface area is 104 Å². The largest absolute Gasteiger partial charge is 0.378 e. The molecule has 0 atom stereocenters. The van der Waals surface area contributed by atoms with Crippen molar-refractivity contribution in [2.75, 3.05) is 5.32 Å². The molecule has 0 aliphatic carbocycles. The van der Waals surface area contributed by atoms with E-state index < -0.39 is 0 Å². The van der Waals surface area contributed by atoms with Crippen LogP contribution in [0.15, 0.2) is 36.8 Å². The number of nitrogens with zero attached hydrogens (tertiary/aromatic N) is 3. The molecule has 1 heterocycles. The van der Waals surface area contributed by atoms with Crippen LogP contribution < -0.4 is 5.32 Å². The first-order valence-electron chi connectivity index (χ1n) is 4.98. The highest BCUT2D eigenvalue weighted by Gasteiger charge is 2.02. The second-order valence-corrected chi connectivity index (χ2v) is 3.76. The highest BCUT2D eigenvalue weighted by molar-refractivity contribution is 6.33. The maximum atomic E-state index is 8.79. The van der Waals surface area contributed by atoms with Crippen LogP contribution in [0.25, 0.3) is 0 Å². The summed E-state index contributed by atoms with van der Waals surface area (Å²) >= 11 is 6.01. The number of hydrogen-bond acceptors (Lipinski definition) is 4. The first kappa shape index (κ1) is 11.4. The summed E-state index contributed by atoms with van der Waals surface area (Å²) in [6.45, 7) is 0.516. The second-order valence-electron chi connectivity index (χ2n) is 3.36. The lowest BCUT2D eigenvalue weighted by Gasteiger charge is -2.07. The first-order valence-corrected chi connectivity index (χ1v) is 5.36. The SMILES string of the molecule is N#Cc1ccc(Cl)c(NCc2cnccn2)c1. The smallest absolute Gasteiger partial charge is 0.0992 e. The maximum absolute atomic E-state index is 8.79. The molecule has 2 rings (SSSR count). The summed E-state index contributed by atoms with van der Waals surface area (Å²) in [6.07, 6.45) is 4.92. The number of benzene rings is 1. The monoisotopic (exact) mass is 244 g/mol. The van der Waals surface area contributed by atoms with E-state index in [-0.39, 0.29) is 0 Å². The fourth-order valence-electron chi connectivity index (χ4n) is 1.34. The fraction of sp³-hybridized carbons (Fsp3) is 0.0833. The molecule has 4 nitrogen and oxygen atoms in total. The molecule has 0 aliphatic rings. The van der Waals surface area contributed by atoms with Gasteiger partial charge in [-0.25, -0.2) is 0 Å². The van der Waals surface area contributed by atoms with Crippen molar-refractivity contribution in [3.63, 3.8) is 0 Å². The van der Waals surface area contributed by atoms with Crippen LogP contribution in [0.5, 0.6) is 0 Å². The van der Waals surface area contributed by atoms with Crippen molar-refractivity contribution < 1.29 is 0 Å². The number of anilines is 1. The van der Waals surface area contributed by atoms with Crippen LogP contribution in [0.4, 0.5) is 5.69 Å². The number of aromatic nitrogens is 2. The number of hydrogen-bond donors (Lipinski definition) is 1. The van der Waals surface area contributed by atoms with Gasteiger partial charge in [0.15, 0.2) is 0 Å². The van der Waals surface area contributed by atoms with Gasteiger partial charge in [-0.05, 0) is 18.2 Å². The van der Waals surface area contributed by atoms with Crippen molar-refractivity contribution >= 4 is 17.3 Å². The highest BCUT2D eigenvalue weighted by atomic mass is 35.5. The van der Waals surface area contributed by atoms with Crippen LogP contribution in [-0.2, 0) is 6.54 Å². The Balaban J connectivity index is 2.12. The van der Waals surface area contributed by atoms with Gasteiger partial charge in [-0.2, -0.15) is 5.26 Å². The van der Waals surface area contributed by atoms with Gasteiger partial charge in [-0.15, -0.1) is 0 Å². The molecule has 1 aromatic carbocycles. The van der Waals surface area contributed by atoms with Crippen LogP contribution in [0.3, 0.4) is 0 Å². The molecular weight excluding hydrogens is 236 g/mol. The van der Waals surface area contributed by atoms with E-state index in [4.69, 9.17) is 16.9 Å². The Kier molecular flexibility index (Phi) is 3.53. The predicted octanol–water partition coefficient (Wildman–Crippen LogP) is 2.61. The molecule has 0 saturated heterocycles. The van der Waals surface area contributed by atoms with Gasteiger partial charge < -0.3 is 5.32 Å². The molecule has 5 heteroatoms. The summed E-state index contributed by atoms with van der Waals surface area (Å²) in [6, 6.07) is 7.14. The quantitative estimate of drug-likeness (QED) is 0.902. The number of nitrogens with one attached hydrogen (secondary N) is 1. The summed E-state index contributed by atoms with van der Waals surface area (Å²) < 4.78 is 0. The van der Waals surface area contributed by atoms with E-state index in [1.165, 1.54) is 0 Å². The first-order chi connectivity index (χ1) is 8.29. The third-order valence-electron chi connectivity index (χ3n) is 2.17. The van der Waals surface area contributed by atoms with Gasteiger partial charge in [-0.3, -0.25) is 9.97 Å². The number of nitriles is 1. The Hall–Kier alpha value is -2.12. The third-order valence-corrected chi connectivity index (χ3v) is 2.50. The zero-order chi connectivity index (χ0) is 12.1. The van der Waals surface area contributed by atoms with E-state index in [1.807, 2.05) is 0 Å². The Morgan fingerprint density at radius 3 is 2.94 bits per heavy atom. The van der Waals surface area contributed by atoms with Gasteiger partial charge >= 0.3 is 0 Å². The molecule has 0 fully saturated rings. The van der Waals surface area contributed by atoms with E-state index in [9.17, 15) is 0 Å². The van der Waals surface area contributed by atoms with Gasteiger partial charge in [-0.1, -0.05) is 11.6 Å². The summed E-state index contributed by atoms with van der Waals surface area (Å²) in [7, 11) is 0. The Bertz CT molecular complexity index is 548. The van der Waals surface area contributed by atoms with Crippen LogP contribution in [-0.4, -0.2) is 9.97 Å². The van der Waals surface area contributed by atoms with E-state index in [0.29, 0.717) is 17.1 Å². The van der Waals surface area contributed by atoms with Crippen LogP contribution in [0.1, 0.15) is 11.3 Å². The predicted molar refractivity (Wildman–Crippen MR) is 65.5 cm³/mol. The van der Waals surface area contributed by atoms with Crippen LogP contribution in [0.2, 0.25) is 5.02 Å². The maximum Gasteiger partial charge on any atom is 0.0992 e. The van der Waals surface area contributed by atoms with E-state index in [1.54, 1.807) is 36.8 Å². The van der Waals surface area contributed by atoms with Crippen molar-refractivity contribution in [1.29, 1.82) is 5.26 Å². The fourth-order valence-corrected chi connectivity index (χ4v) is 1.52. The lowest BCUT2D eigenvalue weighted by Crippen LogP contribution is -2.02. The number of rotatable bonds is 3. The molecule has 0 aliphatic heterocycles. The highest BCUT2D eigenvalue weighted by Crippen LogP contribution is 2.23.